The van der Waals surface area contributed by atoms with Crippen molar-refractivity contribution in [3.05, 3.63) is 212 Å². The molecule has 7 aromatic carbocycles. The lowest BCUT2D eigenvalue weighted by Gasteiger charge is -2.47. The van der Waals surface area contributed by atoms with Crippen molar-refractivity contribution in [2.45, 2.75) is 174 Å². The van der Waals surface area contributed by atoms with Gasteiger partial charge >= 0.3 is 65.7 Å². The number of aliphatic carboxylic acids is 3. The number of nitrogens with zero attached hydrogens (tertiary/aromatic N) is 1. The van der Waals surface area contributed by atoms with E-state index in [-0.39, 0.29) is 66.2 Å². The molecule has 0 heterocycles. The van der Waals surface area contributed by atoms with Gasteiger partial charge in [0.25, 0.3) is 0 Å². The summed E-state index contributed by atoms with van der Waals surface area (Å²) in [6.45, 7) is 23.3. The molecular formula is C94H113NO22. The van der Waals surface area contributed by atoms with Crippen molar-refractivity contribution < 1.29 is 106 Å². The van der Waals surface area contributed by atoms with E-state index >= 15 is 33.6 Å². The second-order valence-corrected chi connectivity index (χ2v) is 34.6. The first-order valence-electron chi connectivity index (χ1n) is 39.4. The van der Waals surface area contributed by atoms with E-state index < -0.39 is 183 Å². The van der Waals surface area contributed by atoms with Crippen LogP contribution in [0.5, 0.6) is 40.2 Å². The lowest BCUT2D eigenvalue weighted by atomic mass is 9.56. The molecule has 23 heteroatoms. The number of likely N-dealkylation sites (N-methyl/N-ethyl adjacent to an activating group) is 1. The number of carboxylic acid groups (broad SMARTS) is 3. The van der Waals surface area contributed by atoms with Crippen LogP contribution in [0.2, 0.25) is 0 Å². The molecule has 626 valence electrons. The number of ether oxygens (including phenoxy) is 8. The smallest absolute Gasteiger partial charge is 0.317 e. The van der Waals surface area contributed by atoms with Gasteiger partial charge in [-0.15, -0.1) is 0 Å². The molecule has 0 spiro atoms. The Kier molecular flexibility index (Phi) is 31.0. The van der Waals surface area contributed by atoms with Gasteiger partial charge in [0.2, 0.25) is 0 Å². The fraction of sp³-hybridized carbons (Fsp3) is 0.436. The molecule has 0 fully saturated rings. The number of carbonyl (C=O) groups excluding carboxylic acids is 8. The number of benzene rings is 7. The third-order valence-corrected chi connectivity index (χ3v) is 22.4. The number of esters is 8. The van der Waals surface area contributed by atoms with Crippen molar-refractivity contribution in [1.29, 1.82) is 0 Å². The van der Waals surface area contributed by atoms with Crippen LogP contribution in [0.25, 0.3) is 0 Å². The second-order valence-electron chi connectivity index (χ2n) is 34.6. The highest BCUT2D eigenvalue weighted by molar-refractivity contribution is 5.90. The lowest BCUT2D eigenvalue weighted by Crippen LogP contribution is -2.53. The molecule has 0 saturated heterocycles. The molecule has 0 saturated carbocycles. The van der Waals surface area contributed by atoms with Crippen LogP contribution >= 0.6 is 0 Å². The molecule has 0 amide bonds. The molecule has 23 nitrogen and oxygen atoms in total. The first-order chi connectivity index (χ1) is 54.9. The third kappa shape index (κ3) is 24.6. The highest BCUT2D eigenvalue weighted by atomic mass is 16.6. The Balaban J connectivity index is 1.53. The molecule has 7 aromatic rings. The third-order valence-electron chi connectivity index (χ3n) is 22.4. The van der Waals surface area contributed by atoms with Crippen LogP contribution in [0.1, 0.15) is 174 Å². The number of para-hydroxylation sites is 7. The molecule has 7 rings (SSSR count). The molecule has 10 unspecified atom stereocenters. The van der Waals surface area contributed by atoms with E-state index in [0.717, 1.165) is 0 Å². The van der Waals surface area contributed by atoms with Crippen molar-refractivity contribution in [1.82, 2.24) is 4.90 Å². The SMILES string of the molecule is CCN(CC)CCOC(=O)C(C)(CC(C)(CC(C)(CC(C)(C)C(=O)O)C(=O)O)C(=O)O)CC(C)(CC(C)(CC(C)(CC(C)(CC(C)(CC(C)(CC(C)(CC)C(=O)Oc1ccccc1)C(=O)Oc1ccccc1)C(=O)Oc1ccccc1)C(=O)Oc1ccccc1)C(=O)Oc1ccccc1)C(=O)Oc1ccccc1)C(=O)Oc1ccccc1. The lowest BCUT2D eigenvalue weighted by molar-refractivity contribution is -0.170. The van der Waals surface area contributed by atoms with Gasteiger partial charge < -0.3 is 58.1 Å². The first-order valence-corrected chi connectivity index (χ1v) is 39.4. The Hall–Kier alpha value is -11.3. The summed E-state index contributed by atoms with van der Waals surface area (Å²) in [5.74, 6) is -12.2. The summed E-state index contributed by atoms with van der Waals surface area (Å²) in [5.41, 5.74) is -23.1. The Morgan fingerprint density at radius 1 is 0.248 bits per heavy atom. The molecule has 0 aromatic heterocycles. The number of rotatable bonds is 44. The molecule has 0 radical (unpaired) electrons. The zero-order valence-corrected chi connectivity index (χ0v) is 69.9. The predicted molar refractivity (Wildman–Crippen MR) is 438 cm³/mol. The zero-order valence-electron chi connectivity index (χ0n) is 69.9. The van der Waals surface area contributed by atoms with Crippen LogP contribution in [0, 0.1) is 59.6 Å². The minimum Gasteiger partial charge on any atom is -0.481 e. The molecule has 117 heavy (non-hydrogen) atoms. The number of carbonyl (C=O) groups is 11. The average Bonchev–Trinajstić information content (AvgIpc) is 0.727. The standard InChI is InChI=1S/C94H113NO22/c1-16-85(6,77(103)111-66-40-26-19-27-41-66)57-89(10,78(104)112-67-42-28-20-29-43-67)61-91(12,80(106)114-69-46-32-22-33-47-69)63-93(14,82(108)116-71-50-36-24-37-51-71)65-94(15,83(109)117-72-52-38-25-39-53-72)64-92(13,81(107)115-70-48-34-23-35-49-70)62-90(11,79(105)113-68-44-30-21-31-45-68)60-88(9,76(102)110-55-54-95(17-2)18-3)59-87(8,75(100)101)58-86(7,74(98)99)56-84(4,5)73(96)97/h19-53H,16-18,54-65H2,1-15H3,(H,96,97)(H,98,99)(H,100,101). The Morgan fingerprint density at radius 2 is 0.427 bits per heavy atom. The molecule has 3 N–H and O–H groups in total. The van der Waals surface area contributed by atoms with Crippen molar-refractivity contribution in [2.24, 2.45) is 59.6 Å². The van der Waals surface area contributed by atoms with Crippen LogP contribution in [0.3, 0.4) is 0 Å². The summed E-state index contributed by atoms with van der Waals surface area (Å²) in [7, 11) is 0. The van der Waals surface area contributed by atoms with Crippen molar-refractivity contribution in [3.8, 4) is 40.2 Å². The van der Waals surface area contributed by atoms with Gasteiger partial charge in [0.05, 0.1) is 59.6 Å². The maximum atomic E-state index is 16.5. The van der Waals surface area contributed by atoms with Gasteiger partial charge in [0.1, 0.15) is 46.9 Å². The molecule has 0 aliphatic rings. The second kappa shape index (κ2) is 39.1. The molecular weight excluding hydrogens is 1500 g/mol. The number of hydrogen-bond donors (Lipinski definition) is 3. The van der Waals surface area contributed by atoms with E-state index in [1.165, 1.54) is 137 Å². The molecule has 0 bridgehead atoms. The van der Waals surface area contributed by atoms with Gasteiger partial charge in [-0.2, -0.15) is 0 Å². The van der Waals surface area contributed by atoms with E-state index in [9.17, 15) is 34.5 Å². The summed E-state index contributed by atoms with van der Waals surface area (Å²) in [5, 5.41) is 33.0. The van der Waals surface area contributed by atoms with Gasteiger partial charge in [-0.25, -0.2) is 0 Å². The van der Waals surface area contributed by atoms with Crippen LogP contribution in [-0.2, 0) is 57.5 Å². The highest BCUT2D eigenvalue weighted by Gasteiger charge is 2.62. The number of carboxylic acids is 3. The van der Waals surface area contributed by atoms with E-state index in [1.54, 1.807) is 166 Å². The molecule has 0 aliphatic heterocycles. The Morgan fingerprint density at radius 3 is 0.624 bits per heavy atom. The quantitative estimate of drug-likeness (QED) is 0.0236. The van der Waals surface area contributed by atoms with E-state index in [0.29, 0.717) is 13.1 Å². The predicted octanol–water partition coefficient (Wildman–Crippen LogP) is 17.8. The maximum absolute atomic E-state index is 16.5. The van der Waals surface area contributed by atoms with Crippen molar-refractivity contribution >= 4 is 65.7 Å². The fourth-order valence-electron chi connectivity index (χ4n) is 17.0. The van der Waals surface area contributed by atoms with Crippen molar-refractivity contribution in [2.75, 3.05) is 26.2 Å². The zero-order chi connectivity index (χ0) is 86.5. The minimum atomic E-state index is -2.31. The minimum absolute atomic E-state index is 0.0110. The molecule has 10 atom stereocenters. The first kappa shape index (κ1) is 92.8. The summed E-state index contributed by atoms with van der Waals surface area (Å²) in [4.78, 5) is 171. The average molecular weight is 1610 g/mol. The molecule has 0 aliphatic carbocycles. The van der Waals surface area contributed by atoms with Crippen LogP contribution in [0.15, 0.2) is 212 Å². The van der Waals surface area contributed by atoms with Crippen LogP contribution in [0.4, 0.5) is 0 Å². The normalized spacial score (nSPS) is 16.7. The van der Waals surface area contributed by atoms with Gasteiger partial charge in [-0.05, 0) is 252 Å². The Labute approximate surface area is 686 Å². The van der Waals surface area contributed by atoms with Gasteiger partial charge in [-0.1, -0.05) is 148 Å². The van der Waals surface area contributed by atoms with E-state index in [4.69, 9.17) is 37.9 Å². The monoisotopic (exact) mass is 1610 g/mol. The summed E-state index contributed by atoms with van der Waals surface area (Å²) >= 11 is 0. The number of hydrogen-bond acceptors (Lipinski definition) is 20. The summed E-state index contributed by atoms with van der Waals surface area (Å²) in [6, 6.07) is 55.8. The van der Waals surface area contributed by atoms with E-state index in [1.807, 2.05) is 18.7 Å². The largest absolute Gasteiger partial charge is 0.481 e. The van der Waals surface area contributed by atoms with Gasteiger partial charge in [0, 0.05) is 6.54 Å². The summed E-state index contributed by atoms with van der Waals surface area (Å²) < 4.78 is 50.3. The fourth-order valence-corrected chi connectivity index (χ4v) is 17.0. The summed E-state index contributed by atoms with van der Waals surface area (Å²) in [6.07, 6.45) is -6.74. The topological polar surface area (TPSA) is 326 Å². The van der Waals surface area contributed by atoms with Gasteiger partial charge in [0.15, 0.2) is 0 Å². The van der Waals surface area contributed by atoms with Crippen LogP contribution < -0.4 is 33.2 Å². The Bertz CT molecular complexity index is 4570. The maximum Gasteiger partial charge on any atom is 0.317 e. The van der Waals surface area contributed by atoms with Crippen molar-refractivity contribution in [3.63, 3.8) is 0 Å². The van der Waals surface area contributed by atoms with Gasteiger partial charge in [-0.3, -0.25) is 52.7 Å². The van der Waals surface area contributed by atoms with E-state index in [2.05, 4.69) is 0 Å². The highest BCUT2D eigenvalue weighted by Crippen LogP contribution is 2.58. The van der Waals surface area contributed by atoms with Crippen LogP contribution in [-0.4, -0.2) is 112 Å².